The van der Waals surface area contributed by atoms with Crippen molar-refractivity contribution in [3.63, 3.8) is 0 Å². The van der Waals surface area contributed by atoms with Gasteiger partial charge in [-0.2, -0.15) is 0 Å². The van der Waals surface area contributed by atoms with Gasteiger partial charge < -0.3 is 0 Å². The summed E-state index contributed by atoms with van der Waals surface area (Å²) in [7, 11) is 0. The minimum absolute atomic E-state index is 0.544. The molecule has 0 radical (unpaired) electrons. The van der Waals surface area contributed by atoms with E-state index in [0.29, 0.717) is 5.92 Å². The molecule has 64 valence electrons. The van der Waals surface area contributed by atoms with E-state index in [9.17, 15) is 0 Å². The predicted octanol–water partition coefficient (Wildman–Crippen LogP) is 3.94. The van der Waals surface area contributed by atoms with Crippen molar-refractivity contribution in [2.45, 2.75) is 20.8 Å². The Morgan fingerprint density at radius 1 is 1.36 bits per heavy atom. The minimum Gasteiger partial charge on any atom is -0.137 e. The molecule has 0 amide bonds. The van der Waals surface area contributed by atoms with Crippen LogP contribution in [0.4, 0.5) is 0 Å². The van der Waals surface area contributed by atoms with Crippen molar-refractivity contribution in [2.75, 3.05) is 0 Å². The second-order valence-electron chi connectivity index (χ2n) is 2.64. The van der Waals surface area contributed by atoms with Crippen LogP contribution < -0.4 is 0 Å². The Hall–Kier alpha value is 0.530. The van der Waals surface area contributed by atoms with E-state index in [0.717, 1.165) is 8.47 Å². The van der Waals surface area contributed by atoms with Crippen molar-refractivity contribution in [1.29, 1.82) is 0 Å². The van der Waals surface area contributed by atoms with Gasteiger partial charge in [0, 0.05) is 8.47 Å². The van der Waals surface area contributed by atoms with E-state index in [4.69, 9.17) is 0 Å². The van der Waals surface area contributed by atoms with Gasteiger partial charge in [-0.3, -0.25) is 0 Å². The molecule has 0 saturated carbocycles. The maximum Gasteiger partial charge on any atom is 0.0416 e. The number of thiol groups is 2. The van der Waals surface area contributed by atoms with Crippen molar-refractivity contribution in [2.24, 2.45) is 5.92 Å². The molecule has 0 heterocycles. The molecule has 11 heavy (non-hydrogen) atoms. The summed E-state index contributed by atoms with van der Waals surface area (Å²) in [6, 6.07) is 0. The molecular formula is C8H14S3. The summed E-state index contributed by atoms with van der Waals surface area (Å²) in [4.78, 5) is 0. The lowest BCUT2D eigenvalue weighted by Gasteiger charge is -2.08. The quantitative estimate of drug-likeness (QED) is 0.660. The number of hydrogen-bond donors (Lipinski definition) is 2. The molecule has 0 aliphatic carbocycles. The summed E-state index contributed by atoms with van der Waals surface area (Å²) in [5, 5.41) is 0. The van der Waals surface area contributed by atoms with E-state index in [1.54, 1.807) is 0 Å². The summed E-state index contributed by atoms with van der Waals surface area (Å²) < 4.78 is 1.80. The lowest BCUT2D eigenvalue weighted by atomic mass is 10.1. The van der Waals surface area contributed by atoms with Gasteiger partial charge in [0.25, 0.3) is 0 Å². The van der Waals surface area contributed by atoms with Gasteiger partial charge >= 0.3 is 0 Å². The maximum absolute atomic E-state index is 4.34. The first kappa shape index (κ1) is 11.5. The highest BCUT2D eigenvalue weighted by Gasteiger charge is 2.03. The molecule has 0 aliphatic heterocycles. The molecule has 0 rings (SSSR count). The molecule has 0 atom stereocenters. The summed E-state index contributed by atoms with van der Waals surface area (Å²) in [6.07, 6.45) is 0. The molecule has 0 bridgehead atoms. The molecule has 0 N–H and O–H groups in total. The summed E-state index contributed by atoms with van der Waals surface area (Å²) in [6.45, 7) is 10.1. The van der Waals surface area contributed by atoms with Crippen molar-refractivity contribution < 1.29 is 0 Å². The van der Waals surface area contributed by atoms with Crippen LogP contribution in [0.2, 0.25) is 0 Å². The van der Waals surface area contributed by atoms with Crippen LogP contribution >= 0.6 is 37.0 Å². The average Bonchev–Trinajstić information content (AvgIpc) is 1.84. The minimum atomic E-state index is 0.544. The van der Waals surface area contributed by atoms with Gasteiger partial charge in [-0.1, -0.05) is 37.8 Å². The molecule has 0 fully saturated rings. The van der Waals surface area contributed by atoms with Gasteiger partial charge in [-0.05, 0) is 12.8 Å². The fraction of sp³-hybridized carbons (Fsp3) is 0.500. The van der Waals surface area contributed by atoms with Gasteiger partial charge in [-0.25, -0.2) is 0 Å². The SMILES string of the molecule is C=C(S)S/C(S)=C(\C)C(C)C. The van der Waals surface area contributed by atoms with Crippen LogP contribution in [0, 0.1) is 5.92 Å². The Morgan fingerprint density at radius 2 is 1.82 bits per heavy atom. The number of thioether (sulfide) groups is 1. The summed E-state index contributed by atoms with van der Waals surface area (Å²) in [5.74, 6) is 0.544. The number of allylic oxidation sites excluding steroid dienone is 1. The molecule has 3 heteroatoms. The first-order valence-electron chi connectivity index (χ1n) is 3.40. The van der Waals surface area contributed by atoms with Crippen LogP contribution in [0.5, 0.6) is 0 Å². The second-order valence-corrected chi connectivity index (χ2v) is 5.34. The van der Waals surface area contributed by atoms with E-state index >= 15 is 0 Å². The molecule has 0 aromatic heterocycles. The van der Waals surface area contributed by atoms with E-state index in [1.807, 2.05) is 0 Å². The molecule has 0 spiro atoms. The fourth-order valence-corrected chi connectivity index (χ4v) is 2.14. The van der Waals surface area contributed by atoms with Crippen molar-refractivity contribution in [3.8, 4) is 0 Å². The van der Waals surface area contributed by atoms with E-state index < -0.39 is 0 Å². The molecular weight excluding hydrogens is 192 g/mol. The Bertz CT molecular complexity index is 180. The standard InChI is InChI=1S/C8H14S3/c1-5(2)6(3)8(10)11-7(4)9/h5,9-10H,4H2,1-3H3/b8-6+. The fourth-order valence-electron chi connectivity index (χ4n) is 0.439. The Morgan fingerprint density at radius 3 is 2.09 bits per heavy atom. The normalized spacial score (nSPS) is 13.3. The zero-order valence-electron chi connectivity index (χ0n) is 7.09. The zero-order valence-corrected chi connectivity index (χ0v) is 9.69. The molecule has 0 aromatic rings. The zero-order chi connectivity index (χ0) is 9.02. The number of hydrogen-bond acceptors (Lipinski definition) is 3. The van der Waals surface area contributed by atoms with Crippen molar-refractivity contribution >= 4 is 37.0 Å². The first-order valence-corrected chi connectivity index (χ1v) is 5.11. The third-order valence-electron chi connectivity index (χ3n) is 1.42. The van der Waals surface area contributed by atoms with Gasteiger partial charge in [0.05, 0.1) is 0 Å². The van der Waals surface area contributed by atoms with Crippen LogP contribution in [0.1, 0.15) is 20.8 Å². The largest absolute Gasteiger partial charge is 0.137 e. The summed E-state index contributed by atoms with van der Waals surface area (Å²) >= 11 is 9.93. The van der Waals surface area contributed by atoms with E-state index in [-0.39, 0.29) is 0 Å². The van der Waals surface area contributed by atoms with E-state index in [2.05, 4.69) is 52.6 Å². The highest BCUT2D eigenvalue weighted by molar-refractivity contribution is 8.24. The van der Waals surface area contributed by atoms with Gasteiger partial charge in [0.15, 0.2) is 0 Å². The van der Waals surface area contributed by atoms with Crippen LogP contribution in [-0.2, 0) is 0 Å². The average molecular weight is 206 g/mol. The summed E-state index contributed by atoms with van der Waals surface area (Å²) in [5.41, 5.74) is 1.29. The van der Waals surface area contributed by atoms with Gasteiger partial charge in [0.1, 0.15) is 0 Å². The Kier molecular flexibility index (Phi) is 5.48. The number of rotatable bonds is 3. The Balaban J connectivity index is 4.28. The molecule has 0 aliphatic rings. The molecule has 0 unspecified atom stereocenters. The molecule has 0 nitrogen and oxygen atoms in total. The third-order valence-corrected chi connectivity index (χ3v) is 3.07. The first-order chi connectivity index (χ1) is 4.95. The topological polar surface area (TPSA) is 0 Å². The van der Waals surface area contributed by atoms with Crippen LogP contribution in [0.3, 0.4) is 0 Å². The van der Waals surface area contributed by atoms with Crippen LogP contribution in [-0.4, -0.2) is 0 Å². The predicted molar refractivity (Wildman–Crippen MR) is 62.2 cm³/mol. The van der Waals surface area contributed by atoms with E-state index in [1.165, 1.54) is 17.3 Å². The third kappa shape index (κ3) is 4.88. The monoisotopic (exact) mass is 206 g/mol. The highest BCUT2D eigenvalue weighted by atomic mass is 32.2. The molecule has 0 aromatic carbocycles. The lowest BCUT2D eigenvalue weighted by Crippen LogP contribution is -1.89. The highest BCUT2D eigenvalue weighted by Crippen LogP contribution is 2.33. The smallest absolute Gasteiger partial charge is 0.0416 e. The van der Waals surface area contributed by atoms with Crippen LogP contribution in [0.15, 0.2) is 20.6 Å². The van der Waals surface area contributed by atoms with Crippen molar-refractivity contribution in [3.05, 3.63) is 20.6 Å². The molecule has 0 saturated heterocycles. The Labute approximate surface area is 84.3 Å². The second kappa shape index (κ2) is 5.22. The van der Waals surface area contributed by atoms with Crippen LogP contribution in [0.25, 0.3) is 0 Å². The van der Waals surface area contributed by atoms with Gasteiger partial charge in [-0.15, -0.1) is 25.3 Å². The maximum atomic E-state index is 4.34. The van der Waals surface area contributed by atoms with Crippen molar-refractivity contribution in [1.82, 2.24) is 0 Å². The lowest BCUT2D eigenvalue weighted by molar-refractivity contribution is 0.770. The van der Waals surface area contributed by atoms with Gasteiger partial charge in [0.2, 0.25) is 0 Å².